The van der Waals surface area contributed by atoms with Crippen LogP contribution in [0.3, 0.4) is 0 Å². The minimum Gasteiger partial charge on any atom is -0.338 e. The van der Waals surface area contributed by atoms with Gasteiger partial charge < -0.3 is 5.32 Å². The molecule has 6 heteroatoms. The third-order valence-corrected chi connectivity index (χ3v) is 2.73. The second-order valence-electron chi connectivity index (χ2n) is 4.28. The molecule has 0 atom stereocenters. The summed E-state index contributed by atoms with van der Waals surface area (Å²) in [5.74, 6) is 0.446. The smallest absolute Gasteiger partial charge is 0.320 e. The molecular weight excluding hydrogens is 254 g/mol. The highest BCUT2D eigenvalue weighted by atomic mass is 16.2. The molecule has 0 aromatic carbocycles. The van der Waals surface area contributed by atoms with Crippen molar-refractivity contribution >= 4 is 11.8 Å². The number of nitrogens with zero attached hydrogens (tertiary/aromatic N) is 3. The topological polar surface area (TPSA) is 79.8 Å². The normalized spacial score (nSPS) is 10.0. The molecule has 0 bridgehead atoms. The second-order valence-corrected chi connectivity index (χ2v) is 4.28. The van der Waals surface area contributed by atoms with Gasteiger partial charge in [0, 0.05) is 31.3 Å². The number of aromatic nitrogens is 3. The number of carbonyl (C=O) groups is 1. The van der Waals surface area contributed by atoms with Crippen LogP contribution in [0.5, 0.6) is 0 Å². The maximum Gasteiger partial charge on any atom is 0.320 e. The number of rotatable bonds is 6. The molecule has 0 aliphatic heterocycles. The number of hydrogen-bond donors (Lipinski definition) is 2. The minimum absolute atomic E-state index is 0.255. The van der Waals surface area contributed by atoms with Gasteiger partial charge in [0.05, 0.1) is 6.20 Å². The Morgan fingerprint density at radius 1 is 1.05 bits per heavy atom. The fourth-order valence-corrected chi connectivity index (χ4v) is 1.73. The first-order valence-corrected chi connectivity index (χ1v) is 6.54. The summed E-state index contributed by atoms with van der Waals surface area (Å²) in [6.45, 7) is 0.636. The van der Waals surface area contributed by atoms with Crippen LogP contribution in [-0.2, 0) is 6.42 Å². The lowest BCUT2D eigenvalue weighted by molar-refractivity contribution is 0.252. The number of anilines is 1. The predicted molar refractivity (Wildman–Crippen MR) is 76.2 cm³/mol. The lowest BCUT2D eigenvalue weighted by Gasteiger charge is -2.06. The first kappa shape index (κ1) is 13.9. The van der Waals surface area contributed by atoms with Crippen LogP contribution in [0.4, 0.5) is 10.6 Å². The van der Waals surface area contributed by atoms with E-state index in [0.29, 0.717) is 12.4 Å². The van der Waals surface area contributed by atoms with Crippen molar-refractivity contribution in [3.63, 3.8) is 0 Å². The van der Waals surface area contributed by atoms with E-state index < -0.39 is 0 Å². The monoisotopic (exact) mass is 271 g/mol. The Bertz CT molecular complexity index is 518. The molecule has 0 saturated carbocycles. The zero-order valence-electron chi connectivity index (χ0n) is 11.1. The van der Waals surface area contributed by atoms with Crippen LogP contribution in [0, 0.1) is 0 Å². The van der Waals surface area contributed by atoms with Gasteiger partial charge in [0.15, 0.2) is 5.82 Å². The number of hydrogen-bond acceptors (Lipinski definition) is 4. The number of nitrogens with one attached hydrogen (secondary N) is 2. The van der Waals surface area contributed by atoms with E-state index in [2.05, 4.69) is 25.6 Å². The maximum atomic E-state index is 11.5. The molecule has 104 valence electrons. The first-order valence-electron chi connectivity index (χ1n) is 6.54. The Morgan fingerprint density at radius 2 is 1.90 bits per heavy atom. The van der Waals surface area contributed by atoms with Gasteiger partial charge in [0.2, 0.25) is 0 Å². The van der Waals surface area contributed by atoms with Crippen molar-refractivity contribution in [1.82, 2.24) is 20.3 Å². The largest absolute Gasteiger partial charge is 0.338 e. The Hall–Kier alpha value is -2.50. The van der Waals surface area contributed by atoms with Gasteiger partial charge in [-0.25, -0.2) is 9.78 Å². The SMILES string of the molecule is O=C(NCCCCc1ccncc1)Nc1cnccn1. The minimum atomic E-state index is -0.255. The summed E-state index contributed by atoms with van der Waals surface area (Å²) in [5.41, 5.74) is 1.27. The molecule has 0 saturated heterocycles. The van der Waals surface area contributed by atoms with Crippen LogP contribution in [0.2, 0.25) is 0 Å². The van der Waals surface area contributed by atoms with Crippen molar-refractivity contribution in [3.8, 4) is 0 Å². The summed E-state index contributed by atoms with van der Waals surface area (Å²) in [6, 6.07) is 3.76. The molecule has 0 aliphatic carbocycles. The molecule has 2 heterocycles. The molecule has 0 spiro atoms. The van der Waals surface area contributed by atoms with Crippen LogP contribution < -0.4 is 10.6 Å². The molecule has 2 aromatic heterocycles. The van der Waals surface area contributed by atoms with Gasteiger partial charge in [0.1, 0.15) is 0 Å². The van der Waals surface area contributed by atoms with E-state index in [9.17, 15) is 4.79 Å². The van der Waals surface area contributed by atoms with Gasteiger partial charge in [-0.3, -0.25) is 15.3 Å². The number of pyridine rings is 1. The van der Waals surface area contributed by atoms with Gasteiger partial charge >= 0.3 is 6.03 Å². The molecule has 2 amide bonds. The highest BCUT2D eigenvalue weighted by Gasteiger charge is 2.01. The molecule has 2 rings (SSSR count). The van der Waals surface area contributed by atoms with Gasteiger partial charge in [-0.1, -0.05) is 0 Å². The van der Waals surface area contributed by atoms with Crippen molar-refractivity contribution in [3.05, 3.63) is 48.7 Å². The van der Waals surface area contributed by atoms with E-state index in [4.69, 9.17) is 0 Å². The summed E-state index contributed by atoms with van der Waals surface area (Å²) < 4.78 is 0. The highest BCUT2D eigenvalue weighted by molar-refractivity contribution is 5.87. The standard InChI is InChI=1S/C14H17N5O/c20-14(19-13-11-16-9-10-17-13)18-6-2-1-3-12-4-7-15-8-5-12/h4-5,7-11H,1-3,6H2,(H2,17,18,19,20). The third kappa shape index (κ3) is 5.01. The zero-order valence-corrected chi connectivity index (χ0v) is 11.1. The Labute approximate surface area is 117 Å². The summed E-state index contributed by atoms with van der Waals surface area (Å²) in [4.78, 5) is 23.4. The average Bonchev–Trinajstić information content (AvgIpc) is 2.49. The molecule has 2 aromatic rings. The summed E-state index contributed by atoms with van der Waals surface area (Å²) in [7, 11) is 0. The van der Waals surface area contributed by atoms with E-state index in [1.165, 1.54) is 18.0 Å². The number of carbonyl (C=O) groups excluding carboxylic acids is 1. The first-order chi connectivity index (χ1) is 9.84. The number of urea groups is 1. The summed E-state index contributed by atoms with van der Waals surface area (Å²) in [6.07, 6.45) is 11.1. The zero-order chi connectivity index (χ0) is 14.0. The molecule has 0 unspecified atom stereocenters. The summed E-state index contributed by atoms with van der Waals surface area (Å²) >= 11 is 0. The third-order valence-electron chi connectivity index (χ3n) is 2.73. The van der Waals surface area contributed by atoms with Crippen LogP contribution in [-0.4, -0.2) is 27.5 Å². The van der Waals surface area contributed by atoms with Crippen molar-refractivity contribution < 1.29 is 4.79 Å². The molecule has 0 aliphatic rings. The van der Waals surface area contributed by atoms with E-state index in [1.54, 1.807) is 18.6 Å². The second kappa shape index (κ2) is 7.83. The fraction of sp³-hybridized carbons (Fsp3) is 0.286. The van der Waals surface area contributed by atoms with Gasteiger partial charge in [-0.15, -0.1) is 0 Å². The van der Waals surface area contributed by atoms with Crippen molar-refractivity contribution in [2.24, 2.45) is 0 Å². The molecule has 20 heavy (non-hydrogen) atoms. The van der Waals surface area contributed by atoms with Crippen LogP contribution in [0.15, 0.2) is 43.1 Å². The van der Waals surface area contributed by atoms with Crippen LogP contribution >= 0.6 is 0 Å². The Balaban J connectivity index is 1.58. The molecule has 0 fully saturated rings. The fourth-order valence-electron chi connectivity index (χ4n) is 1.73. The number of amides is 2. The van der Waals surface area contributed by atoms with Gasteiger partial charge in [-0.2, -0.15) is 0 Å². The average molecular weight is 271 g/mol. The van der Waals surface area contributed by atoms with E-state index >= 15 is 0 Å². The van der Waals surface area contributed by atoms with E-state index in [0.717, 1.165) is 19.3 Å². The maximum absolute atomic E-state index is 11.5. The Morgan fingerprint density at radius 3 is 2.65 bits per heavy atom. The summed E-state index contributed by atoms with van der Waals surface area (Å²) in [5, 5.41) is 5.41. The van der Waals surface area contributed by atoms with Gasteiger partial charge in [-0.05, 0) is 37.0 Å². The van der Waals surface area contributed by atoms with E-state index in [-0.39, 0.29) is 6.03 Å². The molecule has 2 N–H and O–H groups in total. The van der Waals surface area contributed by atoms with Crippen molar-refractivity contribution in [2.45, 2.75) is 19.3 Å². The highest BCUT2D eigenvalue weighted by Crippen LogP contribution is 2.02. The van der Waals surface area contributed by atoms with Crippen LogP contribution in [0.25, 0.3) is 0 Å². The quantitative estimate of drug-likeness (QED) is 0.788. The predicted octanol–water partition coefficient (Wildman–Crippen LogP) is 2.02. The molecular formula is C14H17N5O. The van der Waals surface area contributed by atoms with Gasteiger partial charge in [0.25, 0.3) is 0 Å². The lowest BCUT2D eigenvalue weighted by atomic mass is 10.1. The van der Waals surface area contributed by atoms with E-state index in [1.807, 2.05) is 12.1 Å². The van der Waals surface area contributed by atoms with Crippen LogP contribution in [0.1, 0.15) is 18.4 Å². The van der Waals surface area contributed by atoms with Crippen molar-refractivity contribution in [1.29, 1.82) is 0 Å². The lowest BCUT2D eigenvalue weighted by Crippen LogP contribution is -2.29. The Kier molecular flexibility index (Phi) is 5.45. The molecule has 6 nitrogen and oxygen atoms in total. The van der Waals surface area contributed by atoms with Crippen molar-refractivity contribution in [2.75, 3.05) is 11.9 Å². The number of unbranched alkanes of at least 4 members (excludes halogenated alkanes) is 1. The molecule has 0 radical (unpaired) electrons. The number of aryl methyl sites for hydroxylation is 1.